The van der Waals surface area contributed by atoms with Gasteiger partial charge in [0.15, 0.2) is 5.01 Å². The minimum Gasteiger partial charge on any atom is -0.297 e. The van der Waals surface area contributed by atoms with E-state index >= 15 is 0 Å². The second-order valence-corrected chi connectivity index (χ2v) is 6.30. The van der Waals surface area contributed by atoms with Crippen LogP contribution >= 0.6 is 22.9 Å². The number of nitrogens with one attached hydrogen (secondary N) is 1. The van der Waals surface area contributed by atoms with Crippen molar-refractivity contribution in [3.63, 3.8) is 0 Å². The number of carbonyl (C=O) groups is 1. The zero-order valence-corrected chi connectivity index (χ0v) is 14.4. The smallest absolute Gasteiger partial charge is 0.250 e. The van der Waals surface area contributed by atoms with Crippen LogP contribution < -0.4 is 5.32 Å². The van der Waals surface area contributed by atoms with Crippen molar-refractivity contribution >= 4 is 40.1 Å². The molecule has 0 aliphatic carbocycles. The van der Waals surface area contributed by atoms with Crippen LogP contribution in [0.15, 0.2) is 54.6 Å². The van der Waals surface area contributed by atoms with Crippen LogP contribution in [0.2, 0.25) is 5.02 Å². The second kappa shape index (κ2) is 7.71. The fraction of sp³-hybridized carbons (Fsp3) is 0. The first kappa shape index (κ1) is 16.8. The molecule has 0 saturated carbocycles. The normalized spacial score (nSPS) is 10.6. The van der Waals surface area contributed by atoms with Crippen LogP contribution in [0.25, 0.3) is 16.6 Å². The zero-order chi connectivity index (χ0) is 17.6. The molecule has 0 fully saturated rings. The largest absolute Gasteiger partial charge is 0.297 e. The fourth-order valence-electron chi connectivity index (χ4n) is 2.07. The van der Waals surface area contributed by atoms with Crippen molar-refractivity contribution in [3.8, 4) is 16.6 Å². The molecular weight excluding hydrogens is 356 g/mol. The zero-order valence-electron chi connectivity index (χ0n) is 12.8. The predicted molar refractivity (Wildman–Crippen MR) is 99.2 cm³/mol. The minimum absolute atomic E-state index is 0.352. The van der Waals surface area contributed by atoms with Crippen molar-refractivity contribution in [3.05, 3.63) is 70.8 Å². The van der Waals surface area contributed by atoms with Crippen LogP contribution in [0.5, 0.6) is 0 Å². The van der Waals surface area contributed by atoms with Gasteiger partial charge in [0.2, 0.25) is 11.0 Å². The summed E-state index contributed by atoms with van der Waals surface area (Å²) in [4.78, 5) is 12.0. The molecule has 25 heavy (non-hydrogen) atoms. The monoisotopic (exact) mass is 366 g/mol. The Labute approximate surface area is 153 Å². The van der Waals surface area contributed by atoms with Crippen LogP contribution in [-0.4, -0.2) is 16.1 Å². The summed E-state index contributed by atoms with van der Waals surface area (Å²) in [6.45, 7) is 0. The van der Waals surface area contributed by atoms with E-state index in [9.17, 15) is 4.79 Å². The van der Waals surface area contributed by atoms with Crippen LogP contribution in [0.3, 0.4) is 0 Å². The molecule has 0 atom stereocenters. The van der Waals surface area contributed by atoms with E-state index in [1.807, 2.05) is 18.2 Å². The highest BCUT2D eigenvalue weighted by atomic mass is 35.5. The molecule has 122 valence electrons. The Morgan fingerprint density at radius 3 is 2.72 bits per heavy atom. The number of hydrogen-bond acceptors (Lipinski definition) is 5. The Balaban J connectivity index is 1.71. The first-order chi connectivity index (χ1) is 12.2. The summed E-state index contributed by atoms with van der Waals surface area (Å²) < 4.78 is 0. The number of hydrogen-bond donors (Lipinski definition) is 1. The van der Waals surface area contributed by atoms with Gasteiger partial charge in [-0.15, -0.1) is 10.2 Å². The molecular formula is C18H11ClN4OS. The van der Waals surface area contributed by atoms with Gasteiger partial charge in [-0.1, -0.05) is 59.3 Å². The summed E-state index contributed by atoms with van der Waals surface area (Å²) in [5.74, 6) is -0.352. The lowest BCUT2D eigenvalue weighted by molar-refractivity contribution is -0.111. The fourth-order valence-corrected chi connectivity index (χ4v) is 3.14. The van der Waals surface area contributed by atoms with E-state index in [-0.39, 0.29) is 5.91 Å². The number of rotatable bonds is 4. The first-order valence-corrected chi connectivity index (χ1v) is 8.43. The number of anilines is 1. The quantitative estimate of drug-likeness (QED) is 0.695. The van der Waals surface area contributed by atoms with E-state index in [1.165, 1.54) is 17.4 Å². The number of nitriles is 1. The van der Waals surface area contributed by atoms with Gasteiger partial charge in [-0.25, -0.2) is 0 Å². The van der Waals surface area contributed by atoms with Crippen molar-refractivity contribution in [1.29, 1.82) is 5.26 Å². The minimum atomic E-state index is -0.352. The van der Waals surface area contributed by atoms with Gasteiger partial charge in [-0.05, 0) is 23.8 Å². The van der Waals surface area contributed by atoms with Gasteiger partial charge in [-0.3, -0.25) is 10.1 Å². The Hall–Kier alpha value is -3.01. The van der Waals surface area contributed by atoms with E-state index in [1.54, 1.807) is 36.4 Å². The van der Waals surface area contributed by atoms with Gasteiger partial charge in [0, 0.05) is 11.6 Å². The van der Waals surface area contributed by atoms with E-state index in [0.29, 0.717) is 26.3 Å². The Morgan fingerprint density at radius 1 is 1.16 bits per heavy atom. The first-order valence-electron chi connectivity index (χ1n) is 7.24. The lowest BCUT2D eigenvalue weighted by atomic mass is 10.1. The van der Waals surface area contributed by atoms with Crippen LogP contribution in [0, 0.1) is 11.3 Å². The van der Waals surface area contributed by atoms with Crippen LogP contribution in [0.1, 0.15) is 11.1 Å². The molecule has 2 aromatic carbocycles. The summed E-state index contributed by atoms with van der Waals surface area (Å²) in [6, 6.07) is 16.4. The lowest BCUT2D eigenvalue weighted by Gasteiger charge is -1.98. The van der Waals surface area contributed by atoms with Gasteiger partial charge in [0.25, 0.3) is 0 Å². The van der Waals surface area contributed by atoms with Crippen molar-refractivity contribution in [2.75, 3.05) is 5.32 Å². The molecule has 3 rings (SSSR count). The standard InChI is InChI=1S/C18H11ClN4OS/c19-15-8-4-3-7-14(15)17-22-23-18(25-17)21-16(24)10-9-12-5-1-2-6-13(12)11-20/h1-10H,(H,21,23,24)/b10-9+. The molecule has 5 nitrogen and oxygen atoms in total. The maximum absolute atomic E-state index is 12.0. The third-order valence-electron chi connectivity index (χ3n) is 3.25. The van der Waals surface area contributed by atoms with Gasteiger partial charge in [0.1, 0.15) is 0 Å². The molecule has 0 spiro atoms. The molecule has 3 aromatic rings. The Kier molecular flexibility index (Phi) is 5.19. The highest BCUT2D eigenvalue weighted by Crippen LogP contribution is 2.31. The lowest BCUT2D eigenvalue weighted by Crippen LogP contribution is -2.07. The topological polar surface area (TPSA) is 78.7 Å². The Bertz CT molecular complexity index is 990. The molecule has 1 N–H and O–H groups in total. The molecule has 1 aromatic heterocycles. The van der Waals surface area contributed by atoms with Crippen molar-refractivity contribution in [2.45, 2.75) is 0 Å². The number of aromatic nitrogens is 2. The maximum Gasteiger partial charge on any atom is 0.250 e. The number of carbonyl (C=O) groups excluding carboxylic acids is 1. The summed E-state index contributed by atoms with van der Waals surface area (Å²) >= 11 is 7.37. The highest BCUT2D eigenvalue weighted by molar-refractivity contribution is 7.18. The Morgan fingerprint density at radius 2 is 1.92 bits per heavy atom. The molecule has 1 amide bonds. The predicted octanol–water partition coefficient (Wildman–Crippen LogP) is 4.38. The molecule has 0 radical (unpaired) electrons. The van der Waals surface area contributed by atoms with Crippen LogP contribution in [-0.2, 0) is 4.79 Å². The number of benzene rings is 2. The number of halogens is 1. The molecule has 0 saturated heterocycles. The van der Waals surface area contributed by atoms with Gasteiger partial charge in [0.05, 0.1) is 16.7 Å². The van der Waals surface area contributed by atoms with Crippen molar-refractivity contribution < 1.29 is 4.79 Å². The second-order valence-electron chi connectivity index (χ2n) is 4.91. The van der Waals surface area contributed by atoms with E-state index in [0.717, 1.165) is 5.56 Å². The van der Waals surface area contributed by atoms with Gasteiger partial charge >= 0.3 is 0 Å². The van der Waals surface area contributed by atoms with Crippen molar-refractivity contribution in [1.82, 2.24) is 10.2 Å². The summed E-state index contributed by atoms with van der Waals surface area (Å²) in [6.07, 6.45) is 2.94. The van der Waals surface area contributed by atoms with Gasteiger partial charge < -0.3 is 0 Å². The average Bonchev–Trinajstić information content (AvgIpc) is 3.08. The third kappa shape index (κ3) is 4.10. The maximum atomic E-state index is 12.0. The molecule has 1 heterocycles. The average molecular weight is 367 g/mol. The molecule has 0 aliphatic heterocycles. The molecule has 0 bridgehead atoms. The number of amides is 1. The third-order valence-corrected chi connectivity index (χ3v) is 4.46. The summed E-state index contributed by atoms with van der Waals surface area (Å²) in [7, 11) is 0. The van der Waals surface area contributed by atoms with Crippen LogP contribution in [0.4, 0.5) is 5.13 Å². The molecule has 7 heteroatoms. The summed E-state index contributed by atoms with van der Waals surface area (Å²) in [5.41, 5.74) is 1.94. The van der Waals surface area contributed by atoms with Gasteiger partial charge in [-0.2, -0.15) is 5.26 Å². The van der Waals surface area contributed by atoms with E-state index in [2.05, 4.69) is 21.6 Å². The van der Waals surface area contributed by atoms with Crippen molar-refractivity contribution in [2.24, 2.45) is 0 Å². The highest BCUT2D eigenvalue weighted by Gasteiger charge is 2.10. The number of nitrogens with zero attached hydrogens (tertiary/aromatic N) is 3. The summed E-state index contributed by atoms with van der Waals surface area (Å²) in [5, 5.41) is 21.3. The SMILES string of the molecule is N#Cc1ccccc1/C=C/C(=O)Nc1nnc(-c2ccccc2Cl)s1. The van der Waals surface area contributed by atoms with E-state index in [4.69, 9.17) is 16.9 Å². The molecule has 0 aliphatic rings. The van der Waals surface area contributed by atoms with E-state index < -0.39 is 0 Å². The molecule has 0 unspecified atom stereocenters.